The molecule has 0 saturated carbocycles. The zero-order valence-electron chi connectivity index (χ0n) is 15.5. The lowest BCUT2D eigenvalue weighted by Gasteiger charge is -1.99. The molecular formula is C18H20ClN3O5S2. The van der Waals surface area contributed by atoms with E-state index in [1.165, 1.54) is 22.5 Å². The summed E-state index contributed by atoms with van der Waals surface area (Å²) in [6.07, 6.45) is 4.12. The van der Waals surface area contributed by atoms with Crippen molar-refractivity contribution >= 4 is 49.8 Å². The number of nitrogens with zero attached hydrogens (tertiary/aromatic N) is 1. The number of aryl methyl sites for hydroxylation is 2. The van der Waals surface area contributed by atoms with Gasteiger partial charge < -0.3 is 15.8 Å². The Kier molecular flexibility index (Phi) is 7.17. The second-order valence-corrected chi connectivity index (χ2v) is 9.48. The number of nitrogens with one attached hydrogen (secondary N) is 1. The van der Waals surface area contributed by atoms with Crippen LogP contribution in [0.15, 0.2) is 34.0 Å². The Balaban J connectivity index is 0.000000209. The van der Waals surface area contributed by atoms with Crippen molar-refractivity contribution in [3.8, 4) is 0 Å². The number of aromatic carboxylic acids is 1. The molecule has 0 spiro atoms. The van der Waals surface area contributed by atoms with Gasteiger partial charge in [0.25, 0.3) is 5.56 Å². The van der Waals surface area contributed by atoms with Crippen LogP contribution in [0.1, 0.15) is 33.0 Å². The molecule has 1 aromatic carbocycles. The molecule has 1 aliphatic carbocycles. The Labute approximate surface area is 177 Å². The topological polar surface area (TPSA) is 143 Å². The van der Waals surface area contributed by atoms with Crippen LogP contribution in [0.2, 0.25) is 0 Å². The molecule has 29 heavy (non-hydrogen) atoms. The second kappa shape index (κ2) is 9.04. The minimum atomic E-state index is -3.07. The highest BCUT2D eigenvalue weighted by atomic mass is 35.5. The van der Waals surface area contributed by atoms with Crippen molar-refractivity contribution < 1.29 is 18.3 Å². The van der Waals surface area contributed by atoms with Crippen molar-refractivity contribution in [2.24, 2.45) is 5.73 Å². The quantitative estimate of drug-likeness (QED) is 0.546. The summed E-state index contributed by atoms with van der Waals surface area (Å²) < 4.78 is 22.0. The summed E-state index contributed by atoms with van der Waals surface area (Å²) in [6, 6.07) is 6.57. The predicted molar refractivity (Wildman–Crippen MR) is 114 cm³/mol. The van der Waals surface area contributed by atoms with Gasteiger partial charge in [-0.25, -0.2) is 18.2 Å². The van der Waals surface area contributed by atoms with E-state index in [0.717, 1.165) is 30.4 Å². The monoisotopic (exact) mass is 457 g/mol. The van der Waals surface area contributed by atoms with Crippen LogP contribution in [0, 0.1) is 0 Å². The Hall–Kier alpha value is -2.27. The van der Waals surface area contributed by atoms with Crippen molar-refractivity contribution in [3.63, 3.8) is 0 Å². The standard InChI is InChI=1S/C10H8N2O3S.C8H11NO2S.ClH/c13-8-6-4-2-1-3-5(4)16-9(6)12-7(11-8)10(14)15;1-12(10,11)8-4-2-7(6-9)3-5-8;/h1-3H2,(H,14,15)(H,11,12,13);2-5H,6,9H2,1H3;1H. The first-order valence-electron chi connectivity index (χ1n) is 8.47. The lowest BCUT2D eigenvalue weighted by atomic mass is 10.2. The van der Waals surface area contributed by atoms with Gasteiger partial charge in [0, 0.05) is 17.7 Å². The van der Waals surface area contributed by atoms with Crippen molar-refractivity contribution in [2.45, 2.75) is 30.7 Å². The first kappa shape index (κ1) is 23.0. The summed E-state index contributed by atoms with van der Waals surface area (Å²) in [5.41, 5.74) is 7.02. The largest absolute Gasteiger partial charge is 0.475 e. The normalized spacial score (nSPS) is 12.6. The van der Waals surface area contributed by atoms with Gasteiger partial charge in [-0.15, -0.1) is 23.7 Å². The van der Waals surface area contributed by atoms with Gasteiger partial charge in [-0.1, -0.05) is 12.1 Å². The number of sulfone groups is 1. The number of carboxylic acid groups (broad SMARTS) is 1. The van der Waals surface area contributed by atoms with E-state index in [2.05, 4.69) is 9.97 Å². The maximum Gasteiger partial charge on any atom is 0.372 e. The molecular weight excluding hydrogens is 438 g/mol. The first-order chi connectivity index (χ1) is 13.2. The van der Waals surface area contributed by atoms with Gasteiger partial charge in [0.1, 0.15) is 4.83 Å². The van der Waals surface area contributed by atoms with Crippen molar-refractivity contribution in [1.82, 2.24) is 9.97 Å². The van der Waals surface area contributed by atoms with Gasteiger partial charge in [-0.05, 0) is 42.5 Å². The predicted octanol–water partition coefficient (Wildman–Crippen LogP) is 2.14. The van der Waals surface area contributed by atoms with Crippen LogP contribution in [-0.2, 0) is 29.2 Å². The van der Waals surface area contributed by atoms with Crippen LogP contribution in [0.3, 0.4) is 0 Å². The number of aromatic nitrogens is 2. The SMILES string of the molecule is CS(=O)(=O)c1ccc(CN)cc1.Cl.O=C(O)c1nc2sc3c(c2c(=O)[nH]1)CCC3. The number of halogens is 1. The van der Waals surface area contributed by atoms with Crippen molar-refractivity contribution in [2.75, 3.05) is 6.26 Å². The molecule has 0 radical (unpaired) electrons. The van der Waals surface area contributed by atoms with E-state index in [-0.39, 0.29) is 23.8 Å². The molecule has 0 unspecified atom stereocenters. The molecule has 2 heterocycles. The van der Waals surface area contributed by atoms with Gasteiger partial charge in [0.15, 0.2) is 9.84 Å². The Bertz CT molecular complexity index is 1200. The molecule has 0 atom stereocenters. The molecule has 0 saturated heterocycles. The summed E-state index contributed by atoms with van der Waals surface area (Å²) in [4.78, 5) is 30.8. The zero-order chi connectivity index (χ0) is 20.5. The number of rotatable bonds is 3. The van der Waals surface area contributed by atoms with Crippen LogP contribution in [0.25, 0.3) is 10.2 Å². The molecule has 4 N–H and O–H groups in total. The molecule has 0 fully saturated rings. The van der Waals surface area contributed by atoms with E-state index in [9.17, 15) is 18.0 Å². The highest BCUT2D eigenvalue weighted by Gasteiger charge is 2.22. The fourth-order valence-electron chi connectivity index (χ4n) is 2.98. The number of nitrogens with two attached hydrogens (primary N) is 1. The van der Waals surface area contributed by atoms with Gasteiger partial charge in [0.2, 0.25) is 5.82 Å². The minimum absolute atomic E-state index is 0. The van der Waals surface area contributed by atoms with E-state index in [0.29, 0.717) is 21.7 Å². The van der Waals surface area contributed by atoms with Gasteiger partial charge in [0.05, 0.1) is 10.3 Å². The molecule has 0 aliphatic heterocycles. The Morgan fingerprint density at radius 1 is 1.28 bits per heavy atom. The van der Waals surface area contributed by atoms with Crippen LogP contribution in [0.4, 0.5) is 0 Å². The molecule has 0 bridgehead atoms. The summed E-state index contributed by atoms with van der Waals surface area (Å²) in [5.74, 6) is -1.48. The maximum atomic E-state index is 11.8. The highest BCUT2D eigenvalue weighted by molar-refractivity contribution is 7.90. The number of thiophene rings is 1. The number of aromatic amines is 1. The fourth-order valence-corrected chi connectivity index (χ4v) is 4.87. The van der Waals surface area contributed by atoms with E-state index < -0.39 is 15.8 Å². The Morgan fingerprint density at radius 2 is 1.93 bits per heavy atom. The Morgan fingerprint density at radius 3 is 2.48 bits per heavy atom. The van der Waals surface area contributed by atoms with Crippen LogP contribution < -0.4 is 11.3 Å². The van der Waals surface area contributed by atoms with E-state index in [4.69, 9.17) is 10.8 Å². The van der Waals surface area contributed by atoms with Crippen LogP contribution in [0.5, 0.6) is 0 Å². The second-order valence-electron chi connectivity index (χ2n) is 6.38. The molecule has 4 rings (SSSR count). The lowest BCUT2D eigenvalue weighted by Crippen LogP contribution is -2.15. The number of H-pyrrole nitrogens is 1. The van der Waals surface area contributed by atoms with E-state index >= 15 is 0 Å². The number of hydrogen-bond acceptors (Lipinski definition) is 7. The average Bonchev–Trinajstić information content (AvgIpc) is 3.22. The molecule has 3 aromatic rings. The first-order valence-corrected chi connectivity index (χ1v) is 11.2. The fraction of sp³-hybridized carbons (Fsp3) is 0.278. The van der Waals surface area contributed by atoms with E-state index in [1.54, 1.807) is 24.3 Å². The maximum absolute atomic E-state index is 11.8. The number of carbonyl (C=O) groups is 1. The van der Waals surface area contributed by atoms with Crippen molar-refractivity contribution in [3.05, 3.63) is 56.4 Å². The third-order valence-corrected chi connectivity index (χ3v) is 6.68. The van der Waals surface area contributed by atoms with Crippen LogP contribution in [-0.4, -0.2) is 35.7 Å². The van der Waals surface area contributed by atoms with E-state index in [1.807, 2.05) is 0 Å². The van der Waals surface area contributed by atoms with Gasteiger partial charge >= 0.3 is 5.97 Å². The summed E-state index contributed by atoms with van der Waals surface area (Å²) in [5, 5.41) is 9.37. The third kappa shape index (κ3) is 5.02. The molecule has 8 nitrogen and oxygen atoms in total. The number of benzene rings is 1. The summed E-state index contributed by atoms with van der Waals surface area (Å²) in [7, 11) is -3.07. The van der Waals surface area contributed by atoms with Gasteiger partial charge in [-0.3, -0.25) is 4.79 Å². The molecule has 11 heteroatoms. The highest BCUT2D eigenvalue weighted by Crippen LogP contribution is 2.34. The molecule has 0 amide bonds. The average molecular weight is 458 g/mol. The third-order valence-electron chi connectivity index (χ3n) is 4.36. The number of hydrogen-bond donors (Lipinski definition) is 3. The van der Waals surface area contributed by atoms with Crippen LogP contribution >= 0.6 is 23.7 Å². The summed E-state index contributed by atoms with van der Waals surface area (Å²) in [6.45, 7) is 0.435. The number of carboxylic acids is 1. The lowest BCUT2D eigenvalue weighted by molar-refractivity contribution is 0.0683. The molecule has 2 aromatic heterocycles. The summed E-state index contributed by atoms with van der Waals surface area (Å²) >= 11 is 1.44. The minimum Gasteiger partial charge on any atom is -0.475 e. The zero-order valence-corrected chi connectivity index (χ0v) is 17.9. The van der Waals surface area contributed by atoms with Gasteiger partial charge in [-0.2, -0.15) is 0 Å². The van der Waals surface area contributed by atoms with Crippen molar-refractivity contribution in [1.29, 1.82) is 0 Å². The number of fused-ring (bicyclic) bond motifs is 3. The molecule has 156 valence electrons. The smallest absolute Gasteiger partial charge is 0.372 e. The molecule has 1 aliphatic rings.